The first-order chi connectivity index (χ1) is 37.2. The first-order valence-electron chi connectivity index (χ1n) is 35.1. The van der Waals surface area contributed by atoms with Gasteiger partial charge >= 0.3 is 0 Å². The molecule has 5 heteroatoms. The largest absolute Gasteiger partial charge is 0.302 e. The third-order valence-electron chi connectivity index (χ3n) is 17.1. The summed E-state index contributed by atoms with van der Waals surface area (Å²) < 4.78 is 0. The van der Waals surface area contributed by atoms with Gasteiger partial charge in [-0.2, -0.15) is 0 Å². The number of unbranched alkanes of at least 4 members (excludes halogenated alkanes) is 39. The van der Waals surface area contributed by atoms with Gasteiger partial charge in [0.2, 0.25) is 0 Å². The maximum absolute atomic E-state index is 2.92. The Labute approximate surface area is 474 Å². The highest BCUT2D eigenvalue weighted by molar-refractivity contribution is 4.82. The van der Waals surface area contributed by atoms with Crippen LogP contribution in [0.25, 0.3) is 0 Å². The van der Waals surface area contributed by atoms with Gasteiger partial charge in [0, 0.05) is 65.4 Å². The summed E-state index contributed by atoms with van der Waals surface area (Å²) in [4.78, 5) is 14.4. The summed E-state index contributed by atoms with van der Waals surface area (Å²) in [6, 6.07) is 0. The Morgan fingerprint density at radius 3 is 0.667 bits per heavy atom. The van der Waals surface area contributed by atoms with Gasteiger partial charge < -0.3 is 14.7 Å². The van der Waals surface area contributed by atoms with Crippen LogP contribution in [-0.4, -0.2) is 123 Å². The van der Waals surface area contributed by atoms with Crippen molar-refractivity contribution in [1.29, 1.82) is 0 Å². The minimum Gasteiger partial charge on any atom is -0.302 e. The molecule has 0 atom stereocenters. The van der Waals surface area contributed by atoms with Crippen LogP contribution < -0.4 is 0 Å². The summed E-state index contributed by atoms with van der Waals surface area (Å²) in [5, 5.41) is 0. The molecule has 1 saturated heterocycles. The van der Waals surface area contributed by atoms with Crippen molar-refractivity contribution in [3.63, 3.8) is 0 Å². The van der Waals surface area contributed by atoms with E-state index in [4.69, 9.17) is 0 Å². The summed E-state index contributed by atoms with van der Waals surface area (Å²) in [5.41, 5.74) is 0. The fourth-order valence-electron chi connectivity index (χ4n) is 11.6. The normalized spacial score (nSPS) is 14.0. The quantitative estimate of drug-likeness (QED) is 0.0444. The predicted molar refractivity (Wildman–Crippen MR) is 341 cm³/mol. The van der Waals surface area contributed by atoms with E-state index in [1.165, 1.54) is 394 Å². The lowest BCUT2D eigenvalue weighted by atomic mass is 10.1. The molecule has 1 aliphatic rings. The molecule has 0 aromatic heterocycles. The molecule has 0 unspecified atom stereocenters. The third kappa shape index (κ3) is 52.4. The molecule has 1 heterocycles. The van der Waals surface area contributed by atoms with E-state index >= 15 is 0 Å². The predicted octanol–water partition coefficient (Wildman–Crippen LogP) is 20.7. The SMILES string of the molecule is CCCCC/C=C\CCCCCN(CCCCC/C=C\CCCCC)CCN1CCN(CCN(CCCCCCCCCCCC)CCN(CCCCCCCCCCCC)CCCCCCCCCCCC)CC1. The molecule has 0 bridgehead atoms. The number of hydrogen-bond acceptors (Lipinski definition) is 5. The highest BCUT2D eigenvalue weighted by Gasteiger charge is 2.19. The average Bonchev–Trinajstić information content (AvgIpc) is 3.42. The van der Waals surface area contributed by atoms with Crippen molar-refractivity contribution < 1.29 is 0 Å². The van der Waals surface area contributed by atoms with Crippen LogP contribution >= 0.6 is 0 Å². The molecule has 75 heavy (non-hydrogen) atoms. The van der Waals surface area contributed by atoms with E-state index in [9.17, 15) is 0 Å². The minimum absolute atomic E-state index is 1.26. The smallest absolute Gasteiger partial charge is 0.0110 e. The molecule has 0 aromatic rings. The Bertz CT molecular complexity index is 1060. The van der Waals surface area contributed by atoms with Crippen LogP contribution in [0.4, 0.5) is 0 Å². The lowest BCUT2D eigenvalue weighted by Gasteiger charge is -2.37. The second-order valence-corrected chi connectivity index (χ2v) is 24.4. The minimum atomic E-state index is 1.26. The number of hydrogen-bond donors (Lipinski definition) is 0. The van der Waals surface area contributed by atoms with Crippen LogP contribution in [0.1, 0.15) is 330 Å². The zero-order valence-corrected chi connectivity index (χ0v) is 52.7. The molecular formula is C70H141N5. The van der Waals surface area contributed by atoms with E-state index in [0.717, 1.165) is 0 Å². The molecule has 0 aliphatic carbocycles. The Balaban J connectivity index is 2.74. The monoisotopic (exact) mass is 1050 g/mol. The summed E-state index contributed by atoms with van der Waals surface area (Å²) in [7, 11) is 0. The second kappa shape index (κ2) is 60.9. The van der Waals surface area contributed by atoms with Crippen LogP contribution in [0.3, 0.4) is 0 Å². The fourth-order valence-corrected chi connectivity index (χ4v) is 11.6. The standard InChI is InChI=1S/C70H141N5/c1-6-11-16-21-26-31-36-41-46-51-56-71(57-52-47-42-37-32-27-22-17-12-7-2)61-63-73(60-55-50-45-40-35-30-25-20-15-10-5)64-66-75-69-67-74(68-70-75)65-62-72(58-53-48-43-38-33-28-23-18-13-8-3)59-54-49-44-39-34-29-24-19-14-9-4/h28-29,33-34H,6-27,30-32,35-70H2,1-5H3/b33-28-,34-29-. The summed E-state index contributed by atoms with van der Waals surface area (Å²) in [5.74, 6) is 0. The van der Waals surface area contributed by atoms with Crippen molar-refractivity contribution >= 4 is 0 Å². The fraction of sp³-hybridized carbons (Fsp3) is 0.943. The molecule has 0 saturated carbocycles. The molecule has 446 valence electrons. The molecule has 0 aromatic carbocycles. The van der Waals surface area contributed by atoms with Gasteiger partial charge in [-0.3, -0.25) is 9.80 Å². The second-order valence-electron chi connectivity index (χ2n) is 24.4. The summed E-state index contributed by atoms with van der Waals surface area (Å²) >= 11 is 0. The van der Waals surface area contributed by atoms with Gasteiger partial charge in [0.15, 0.2) is 0 Å². The molecular weight excluding hydrogens is 911 g/mol. The molecule has 0 spiro atoms. The van der Waals surface area contributed by atoms with Crippen LogP contribution in [0.15, 0.2) is 24.3 Å². The van der Waals surface area contributed by atoms with Gasteiger partial charge in [0.05, 0.1) is 0 Å². The van der Waals surface area contributed by atoms with Gasteiger partial charge in [-0.05, 0) is 116 Å². The number of piperazine rings is 1. The van der Waals surface area contributed by atoms with Crippen molar-refractivity contribution in [3.8, 4) is 0 Å². The Hall–Kier alpha value is -0.720. The van der Waals surface area contributed by atoms with Gasteiger partial charge in [0.1, 0.15) is 0 Å². The lowest BCUT2D eigenvalue weighted by Crippen LogP contribution is -2.50. The van der Waals surface area contributed by atoms with Gasteiger partial charge in [0.25, 0.3) is 0 Å². The molecule has 5 nitrogen and oxygen atoms in total. The van der Waals surface area contributed by atoms with E-state index in [2.05, 4.69) is 83.4 Å². The molecule has 1 fully saturated rings. The molecule has 0 radical (unpaired) electrons. The molecule has 0 N–H and O–H groups in total. The first-order valence-corrected chi connectivity index (χ1v) is 35.1. The van der Waals surface area contributed by atoms with Crippen molar-refractivity contribution in [3.05, 3.63) is 24.3 Å². The molecule has 0 amide bonds. The summed E-state index contributed by atoms with van der Waals surface area (Å²) in [6.45, 7) is 30.8. The van der Waals surface area contributed by atoms with Crippen molar-refractivity contribution in [2.24, 2.45) is 0 Å². The van der Waals surface area contributed by atoms with Crippen LogP contribution in [-0.2, 0) is 0 Å². The van der Waals surface area contributed by atoms with Gasteiger partial charge in [-0.1, -0.05) is 271 Å². The Morgan fingerprint density at radius 2 is 0.400 bits per heavy atom. The first kappa shape index (κ1) is 72.3. The Morgan fingerprint density at radius 1 is 0.213 bits per heavy atom. The molecule has 1 rings (SSSR count). The van der Waals surface area contributed by atoms with E-state index in [1.54, 1.807) is 0 Å². The van der Waals surface area contributed by atoms with E-state index < -0.39 is 0 Å². The topological polar surface area (TPSA) is 16.2 Å². The van der Waals surface area contributed by atoms with Crippen molar-refractivity contribution in [2.75, 3.05) is 98.2 Å². The van der Waals surface area contributed by atoms with Crippen molar-refractivity contribution in [1.82, 2.24) is 24.5 Å². The zero-order valence-electron chi connectivity index (χ0n) is 52.7. The lowest BCUT2D eigenvalue weighted by molar-refractivity contribution is 0.104. The zero-order chi connectivity index (χ0) is 53.8. The molecule has 1 aliphatic heterocycles. The number of rotatable bonds is 62. The van der Waals surface area contributed by atoms with Crippen LogP contribution in [0.5, 0.6) is 0 Å². The average molecular weight is 1050 g/mol. The van der Waals surface area contributed by atoms with E-state index in [-0.39, 0.29) is 0 Å². The highest BCUT2D eigenvalue weighted by atomic mass is 15.3. The van der Waals surface area contributed by atoms with E-state index in [1.807, 2.05) is 0 Å². The number of allylic oxidation sites excluding steroid dienone is 4. The summed E-state index contributed by atoms with van der Waals surface area (Å²) in [6.07, 6.45) is 74.4. The Kier molecular flexibility index (Phi) is 58.7. The maximum Gasteiger partial charge on any atom is 0.0110 e. The van der Waals surface area contributed by atoms with Gasteiger partial charge in [-0.25, -0.2) is 0 Å². The van der Waals surface area contributed by atoms with Gasteiger partial charge in [-0.15, -0.1) is 0 Å². The number of nitrogens with zero attached hydrogens (tertiary/aromatic N) is 5. The van der Waals surface area contributed by atoms with Crippen LogP contribution in [0, 0.1) is 0 Å². The third-order valence-corrected chi connectivity index (χ3v) is 17.1. The van der Waals surface area contributed by atoms with E-state index in [0.29, 0.717) is 0 Å². The maximum atomic E-state index is 2.92. The van der Waals surface area contributed by atoms with Crippen molar-refractivity contribution in [2.45, 2.75) is 330 Å². The van der Waals surface area contributed by atoms with Crippen LogP contribution in [0.2, 0.25) is 0 Å². The highest BCUT2D eigenvalue weighted by Crippen LogP contribution is 2.16.